The maximum absolute atomic E-state index is 9.74. The number of phenols is 1. The fraction of sp³-hybridized carbons (Fsp3) is 0.333. The molecule has 5 heteroatoms. The van der Waals surface area contributed by atoms with E-state index in [1.54, 1.807) is 19.1 Å². The third-order valence-electron chi connectivity index (χ3n) is 1.98. The van der Waals surface area contributed by atoms with Crippen molar-refractivity contribution >= 4 is 31.9 Å². The molecule has 0 fully saturated rings. The lowest BCUT2D eigenvalue weighted by Gasteiger charge is -2.18. The second-order valence-electron chi connectivity index (χ2n) is 3.21. The van der Waals surface area contributed by atoms with Crippen LogP contribution >= 0.6 is 31.9 Å². The van der Waals surface area contributed by atoms with Crippen LogP contribution in [0.4, 0.5) is 0 Å². The third-order valence-corrected chi connectivity index (χ3v) is 3.05. The third kappa shape index (κ3) is 2.48. The van der Waals surface area contributed by atoms with Crippen molar-refractivity contribution in [1.82, 2.24) is 0 Å². The quantitative estimate of drug-likeness (QED) is 0.781. The largest absolute Gasteiger partial charge is 0.506 e. The second kappa shape index (κ2) is 4.61. The van der Waals surface area contributed by atoms with E-state index in [9.17, 15) is 5.11 Å². The molecule has 0 bridgehead atoms. The van der Waals surface area contributed by atoms with Gasteiger partial charge in [0.1, 0.15) is 5.75 Å². The molecule has 0 radical (unpaired) electrons. The van der Waals surface area contributed by atoms with Crippen molar-refractivity contribution in [1.29, 1.82) is 0 Å². The molecule has 0 amide bonds. The Morgan fingerprint density at radius 1 is 1.29 bits per heavy atom. The predicted molar refractivity (Wildman–Crippen MR) is 64.1 cm³/mol. The number of aromatic hydroxyl groups is 1. The van der Waals surface area contributed by atoms with Gasteiger partial charge in [0, 0.05) is 22.1 Å². The molecule has 0 aliphatic carbocycles. The second-order valence-corrected chi connectivity index (χ2v) is 4.98. The van der Waals surface area contributed by atoms with Gasteiger partial charge in [0.2, 0.25) is 0 Å². The van der Waals surface area contributed by atoms with Crippen molar-refractivity contribution in [3.8, 4) is 5.75 Å². The summed E-state index contributed by atoms with van der Waals surface area (Å²) in [5, 5.41) is 9.74. The molecule has 2 atom stereocenters. The Balaban J connectivity index is 3.20. The fourth-order valence-corrected chi connectivity index (χ4v) is 2.38. The summed E-state index contributed by atoms with van der Waals surface area (Å²) >= 11 is 6.56. The summed E-state index contributed by atoms with van der Waals surface area (Å²) in [6.45, 7) is 1.80. The van der Waals surface area contributed by atoms with Crippen molar-refractivity contribution in [3.05, 3.63) is 26.6 Å². The minimum absolute atomic E-state index is 0.151. The van der Waals surface area contributed by atoms with Crippen LogP contribution in [0, 0.1) is 0 Å². The van der Waals surface area contributed by atoms with Crippen LogP contribution in [0.2, 0.25) is 0 Å². The first-order chi connectivity index (χ1) is 6.43. The SMILES string of the molecule is C[C@H](N)[C@@H](N)c1cc(Br)cc(Br)c1O. The highest BCUT2D eigenvalue weighted by Crippen LogP contribution is 2.35. The molecule has 78 valence electrons. The monoisotopic (exact) mass is 322 g/mol. The van der Waals surface area contributed by atoms with E-state index in [4.69, 9.17) is 11.5 Å². The Kier molecular flexibility index (Phi) is 3.94. The van der Waals surface area contributed by atoms with Crippen LogP contribution in [-0.2, 0) is 0 Å². The first kappa shape index (κ1) is 12.0. The van der Waals surface area contributed by atoms with Crippen molar-refractivity contribution < 1.29 is 5.11 Å². The lowest BCUT2D eigenvalue weighted by molar-refractivity contribution is 0.450. The summed E-state index contributed by atoms with van der Waals surface area (Å²) in [5.41, 5.74) is 12.2. The van der Waals surface area contributed by atoms with E-state index in [0.717, 1.165) is 4.47 Å². The molecule has 0 unspecified atom stereocenters. The zero-order valence-electron chi connectivity index (χ0n) is 7.67. The van der Waals surface area contributed by atoms with E-state index in [2.05, 4.69) is 31.9 Å². The molecule has 0 saturated carbocycles. The van der Waals surface area contributed by atoms with Crippen LogP contribution in [0.5, 0.6) is 5.75 Å². The smallest absolute Gasteiger partial charge is 0.134 e. The molecule has 0 heterocycles. The molecule has 14 heavy (non-hydrogen) atoms. The summed E-state index contributed by atoms with van der Waals surface area (Å²) in [6.07, 6.45) is 0. The molecule has 0 spiro atoms. The van der Waals surface area contributed by atoms with Gasteiger partial charge >= 0.3 is 0 Å². The number of phenolic OH excluding ortho intramolecular Hbond substituents is 1. The first-order valence-electron chi connectivity index (χ1n) is 4.12. The van der Waals surface area contributed by atoms with Gasteiger partial charge in [-0.1, -0.05) is 15.9 Å². The predicted octanol–water partition coefficient (Wildman–Crippen LogP) is 2.26. The lowest BCUT2D eigenvalue weighted by Crippen LogP contribution is -2.31. The molecular formula is C9H12Br2N2O. The van der Waals surface area contributed by atoms with E-state index >= 15 is 0 Å². The number of benzene rings is 1. The maximum atomic E-state index is 9.74. The zero-order valence-corrected chi connectivity index (χ0v) is 10.8. The Bertz CT molecular complexity index is 342. The van der Waals surface area contributed by atoms with Crippen molar-refractivity contribution in [2.45, 2.75) is 19.0 Å². The van der Waals surface area contributed by atoms with Gasteiger partial charge in [-0.25, -0.2) is 0 Å². The molecule has 1 rings (SSSR count). The van der Waals surface area contributed by atoms with Gasteiger partial charge in [-0.15, -0.1) is 0 Å². The molecule has 0 aromatic heterocycles. The number of nitrogens with two attached hydrogens (primary N) is 2. The average Bonchev–Trinajstić information content (AvgIpc) is 2.09. The molecule has 3 nitrogen and oxygen atoms in total. The van der Waals surface area contributed by atoms with Crippen LogP contribution in [0.3, 0.4) is 0 Å². The van der Waals surface area contributed by atoms with Gasteiger partial charge < -0.3 is 16.6 Å². The number of halogens is 2. The van der Waals surface area contributed by atoms with Gasteiger partial charge in [0.05, 0.1) is 4.47 Å². The fourth-order valence-electron chi connectivity index (χ4n) is 1.12. The van der Waals surface area contributed by atoms with Crippen LogP contribution in [-0.4, -0.2) is 11.1 Å². The highest BCUT2D eigenvalue weighted by atomic mass is 79.9. The minimum Gasteiger partial charge on any atom is -0.506 e. The van der Waals surface area contributed by atoms with E-state index in [0.29, 0.717) is 10.0 Å². The van der Waals surface area contributed by atoms with Gasteiger partial charge in [0.15, 0.2) is 0 Å². The van der Waals surface area contributed by atoms with Crippen LogP contribution < -0.4 is 11.5 Å². The molecule has 0 saturated heterocycles. The Morgan fingerprint density at radius 3 is 2.36 bits per heavy atom. The molecular weight excluding hydrogens is 312 g/mol. The maximum Gasteiger partial charge on any atom is 0.134 e. The van der Waals surface area contributed by atoms with Crippen LogP contribution in [0.15, 0.2) is 21.1 Å². The van der Waals surface area contributed by atoms with Gasteiger partial charge in [-0.2, -0.15) is 0 Å². The summed E-state index contributed by atoms with van der Waals surface area (Å²) in [4.78, 5) is 0. The van der Waals surface area contributed by atoms with Crippen molar-refractivity contribution in [3.63, 3.8) is 0 Å². The first-order valence-corrected chi connectivity index (χ1v) is 5.71. The normalized spacial score (nSPS) is 15.2. The Morgan fingerprint density at radius 2 is 1.86 bits per heavy atom. The lowest BCUT2D eigenvalue weighted by atomic mass is 10.0. The summed E-state index contributed by atoms with van der Waals surface area (Å²) in [6, 6.07) is 2.95. The minimum atomic E-state index is -0.371. The van der Waals surface area contributed by atoms with Crippen LogP contribution in [0.25, 0.3) is 0 Å². The Labute approximate surface area is 99.7 Å². The van der Waals surface area contributed by atoms with Gasteiger partial charge in [-0.05, 0) is 35.0 Å². The summed E-state index contributed by atoms with van der Waals surface area (Å²) in [5.74, 6) is 0.151. The molecule has 5 N–H and O–H groups in total. The highest BCUT2D eigenvalue weighted by Gasteiger charge is 2.17. The zero-order chi connectivity index (χ0) is 10.9. The molecule has 1 aromatic rings. The molecule has 0 aliphatic heterocycles. The summed E-state index contributed by atoms with van der Waals surface area (Å²) in [7, 11) is 0. The standard InChI is InChI=1S/C9H12Br2N2O/c1-4(12)8(13)6-2-5(10)3-7(11)9(6)14/h2-4,8,14H,12-13H2,1H3/t4-,8+/m0/s1. The van der Waals surface area contributed by atoms with E-state index in [1.807, 2.05) is 0 Å². The topological polar surface area (TPSA) is 72.3 Å². The molecule has 0 aliphatic rings. The number of rotatable bonds is 2. The summed E-state index contributed by atoms with van der Waals surface area (Å²) < 4.78 is 1.46. The Hall–Kier alpha value is -0.100. The van der Waals surface area contributed by atoms with Crippen molar-refractivity contribution in [2.75, 3.05) is 0 Å². The van der Waals surface area contributed by atoms with E-state index < -0.39 is 0 Å². The van der Waals surface area contributed by atoms with Crippen molar-refractivity contribution in [2.24, 2.45) is 11.5 Å². The number of hydrogen-bond acceptors (Lipinski definition) is 3. The van der Waals surface area contributed by atoms with Gasteiger partial charge in [0.25, 0.3) is 0 Å². The molecule has 1 aromatic carbocycles. The van der Waals surface area contributed by atoms with E-state index in [1.165, 1.54) is 0 Å². The average molecular weight is 324 g/mol. The van der Waals surface area contributed by atoms with Gasteiger partial charge in [-0.3, -0.25) is 0 Å². The van der Waals surface area contributed by atoms with E-state index in [-0.39, 0.29) is 17.8 Å². The van der Waals surface area contributed by atoms with Crippen LogP contribution in [0.1, 0.15) is 18.5 Å². The number of hydrogen-bond donors (Lipinski definition) is 3. The highest BCUT2D eigenvalue weighted by molar-refractivity contribution is 9.11.